The summed E-state index contributed by atoms with van der Waals surface area (Å²) in [6.45, 7) is -0.119. The molecule has 0 aliphatic heterocycles. The van der Waals surface area contributed by atoms with Crippen LogP contribution in [-0.4, -0.2) is 24.9 Å². The van der Waals surface area contributed by atoms with Gasteiger partial charge in [-0.25, -0.2) is 4.98 Å². The van der Waals surface area contributed by atoms with Gasteiger partial charge in [0, 0.05) is 18.4 Å². The largest absolute Gasteiger partial charge is 0.444 e. The number of benzene rings is 1. The lowest BCUT2D eigenvalue weighted by atomic mass is 10.2. The van der Waals surface area contributed by atoms with E-state index in [1.54, 1.807) is 10.8 Å². The Morgan fingerprint density at radius 1 is 1.24 bits per heavy atom. The molecule has 0 spiro atoms. The Morgan fingerprint density at radius 2 is 2.05 bits per heavy atom. The highest BCUT2D eigenvalue weighted by Crippen LogP contribution is 2.23. The number of thioether (sulfide) groups is 1. The van der Waals surface area contributed by atoms with Gasteiger partial charge < -0.3 is 14.1 Å². The van der Waals surface area contributed by atoms with Crippen LogP contribution in [0.25, 0.3) is 11.5 Å². The Bertz CT molecular complexity index is 724. The molecular formula is C14H14N4O2S. The minimum Gasteiger partial charge on any atom is -0.444 e. The molecule has 0 aliphatic rings. The second-order valence-electron chi connectivity index (χ2n) is 4.41. The summed E-state index contributed by atoms with van der Waals surface area (Å²) in [5.41, 5.74) is 1.79. The van der Waals surface area contributed by atoms with Crippen molar-refractivity contribution in [3.05, 3.63) is 48.1 Å². The summed E-state index contributed by atoms with van der Waals surface area (Å²) >= 11 is 1.50. The maximum Gasteiger partial charge on any atom is 0.226 e. The zero-order valence-electron chi connectivity index (χ0n) is 11.4. The Labute approximate surface area is 125 Å². The summed E-state index contributed by atoms with van der Waals surface area (Å²) in [4.78, 5) is 4.46. The molecular weight excluding hydrogens is 288 g/mol. The zero-order chi connectivity index (χ0) is 14.7. The minimum atomic E-state index is -0.119. The van der Waals surface area contributed by atoms with Gasteiger partial charge in [0.15, 0.2) is 11.0 Å². The van der Waals surface area contributed by atoms with Crippen molar-refractivity contribution in [3.8, 4) is 11.5 Å². The predicted octanol–water partition coefficient (Wildman–Crippen LogP) is 2.25. The number of nitrogens with zero attached hydrogens (tertiary/aromatic N) is 4. The number of hydrogen-bond acceptors (Lipinski definition) is 6. The molecule has 1 aromatic carbocycles. The molecule has 3 rings (SSSR count). The first-order valence-electron chi connectivity index (χ1n) is 6.39. The predicted molar refractivity (Wildman–Crippen MR) is 78.4 cm³/mol. The summed E-state index contributed by atoms with van der Waals surface area (Å²) in [7, 11) is 1.83. The van der Waals surface area contributed by atoms with Gasteiger partial charge >= 0.3 is 0 Å². The molecule has 0 unspecified atom stereocenters. The van der Waals surface area contributed by atoms with E-state index < -0.39 is 0 Å². The van der Waals surface area contributed by atoms with E-state index in [-0.39, 0.29) is 6.61 Å². The number of rotatable bonds is 5. The molecule has 1 N–H and O–H groups in total. The van der Waals surface area contributed by atoms with Gasteiger partial charge in [0.1, 0.15) is 12.9 Å². The Hall–Kier alpha value is -2.12. The highest BCUT2D eigenvalue weighted by atomic mass is 32.2. The Balaban J connectivity index is 1.69. The molecule has 2 heterocycles. The molecule has 0 atom stereocenters. The van der Waals surface area contributed by atoms with Crippen LogP contribution < -0.4 is 0 Å². The summed E-state index contributed by atoms with van der Waals surface area (Å²) in [5.74, 6) is 1.79. The number of aromatic nitrogens is 4. The topological polar surface area (TPSA) is 77.0 Å². The van der Waals surface area contributed by atoms with Crippen LogP contribution in [0.4, 0.5) is 0 Å². The first kappa shape index (κ1) is 13.8. The molecule has 0 aliphatic carbocycles. The van der Waals surface area contributed by atoms with Gasteiger partial charge in [-0.05, 0) is 12.1 Å². The van der Waals surface area contributed by atoms with Crippen molar-refractivity contribution >= 4 is 11.8 Å². The Kier molecular flexibility index (Phi) is 4.03. The van der Waals surface area contributed by atoms with Crippen molar-refractivity contribution in [1.82, 2.24) is 19.7 Å². The van der Waals surface area contributed by atoms with Gasteiger partial charge in [-0.3, -0.25) is 0 Å². The van der Waals surface area contributed by atoms with Crippen LogP contribution in [0.1, 0.15) is 11.5 Å². The van der Waals surface area contributed by atoms with Gasteiger partial charge in [0.25, 0.3) is 0 Å². The highest BCUT2D eigenvalue weighted by Gasteiger charge is 2.11. The van der Waals surface area contributed by atoms with E-state index >= 15 is 0 Å². The number of oxazole rings is 1. The maximum atomic E-state index is 9.09. The molecule has 7 heteroatoms. The van der Waals surface area contributed by atoms with Crippen LogP contribution in [-0.2, 0) is 19.4 Å². The molecule has 108 valence electrons. The van der Waals surface area contributed by atoms with Crippen LogP contribution in [0.15, 0.2) is 46.2 Å². The molecule has 2 aromatic heterocycles. The fraction of sp³-hybridized carbons (Fsp3) is 0.214. The summed E-state index contributed by atoms with van der Waals surface area (Å²) in [6.07, 6.45) is 1.65. The molecule has 0 amide bonds. The van der Waals surface area contributed by atoms with Crippen molar-refractivity contribution in [2.75, 3.05) is 0 Å². The van der Waals surface area contributed by atoms with E-state index in [1.807, 2.05) is 37.4 Å². The first-order chi connectivity index (χ1) is 10.3. The van der Waals surface area contributed by atoms with Crippen molar-refractivity contribution in [2.24, 2.45) is 7.05 Å². The van der Waals surface area contributed by atoms with E-state index in [0.717, 1.165) is 16.4 Å². The lowest BCUT2D eigenvalue weighted by Crippen LogP contribution is -1.98. The van der Waals surface area contributed by atoms with E-state index in [2.05, 4.69) is 15.2 Å². The average molecular weight is 302 g/mol. The van der Waals surface area contributed by atoms with Crippen LogP contribution in [0, 0.1) is 0 Å². The number of hydrogen-bond donors (Lipinski definition) is 1. The molecule has 0 fully saturated rings. The van der Waals surface area contributed by atoms with E-state index in [1.165, 1.54) is 11.8 Å². The molecule has 0 saturated carbocycles. The minimum absolute atomic E-state index is 0.119. The van der Waals surface area contributed by atoms with Crippen molar-refractivity contribution in [1.29, 1.82) is 0 Å². The van der Waals surface area contributed by atoms with Crippen LogP contribution in [0.5, 0.6) is 0 Å². The second-order valence-corrected chi connectivity index (χ2v) is 5.36. The monoisotopic (exact) mass is 302 g/mol. The lowest BCUT2D eigenvalue weighted by Gasteiger charge is -1.99. The van der Waals surface area contributed by atoms with Gasteiger partial charge in [-0.2, -0.15) is 0 Å². The maximum absolute atomic E-state index is 9.09. The second kappa shape index (κ2) is 6.11. The molecule has 6 nitrogen and oxygen atoms in total. The number of aliphatic hydroxyl groups is 1. The van der Waals surface area contributed by atoms with Crippen molar-refractivity contribution < 1.29 is 9.52 Å². The van der Waals surface area contributed by atoms with Gasteiger partial charge in [0.2, 0.25) is 5.89 Å². The standard InChI is InChI=1S/C14H14N4O2S/c1-18-12(7-19)16-17-14(18)21-9-11-8-20-13(15-11)10-5-3-2-4-6-10/h2-6,8,19H,7,9H2,1H3. The zero-order valence-corrected chi connectivity index (χ0v) is 12.2. The quantitative estimate of drug-likeness (QED) is 0.728. The molecule has 0 bridgehead atoms. The van der Waals surface area contributed by atoms with E-state index in [4.69, 9.17) is 9.52 Å². The number of aliphatic hydroxyl groups excluding tert-OH is 1. The Morgan fingerprint density at radius 3 is 2.76 bits per heavy atom. The SMILES string of the molecule is Cn1c(CO)nnc1SCc1coc(-c2ccccc2)n1. The van der Waals surface area contributed by atoms with Crippen LogP contribution in [0.2, 0.25) is 0 Å². The van der Waals surface area contributed by atoms with Gasteiger partial charge in [-0.15, -0.1) is 10.2 Å². The highest BCUT2D eigenvalue weighted by molar-refractivity contribution is 7.98. The van der Waals surface area contributed by atoms with Crippen LogP contribution in [0.3, 0.4) is 0 Å². The van der Waals surface area contributed by atoms with E-state index in [9.17, 15) is 0 Å². The third kappa shape index (κ3) is 2.98. The van der Waals surface area contributed by atoms with Crippen LogP contribution >= 0.6 is 11.8 Å². The lowest BCUT2D eigenvalue weighted by molar-refractivity contribution is 0.266. The normalized spacial score (nSPS) is 11.0. The molecule has 21 heavy (non-hydrogen) atoms. The third-order valence-corrected chi connectivity index (χ3v) is 4.04. The van der Waals surface area contributed by atoms with Crippen molar-refractivity contribution in [2.45, 2.75) is 17.5 Å². The van der Waals surface area contributed by atoms with E-state index in [0.29, 0.717) is 17.5 Å². The van der Waals surface area contributed by atoms with Gasteiger partial charge in [-0.1, -0.05) is 30.0 Å². The van der Waals surface area contributed by atoms with Crippen molar-refractivity contribution in [3.63, 3.8) is 0 Å². The summed E-state index contributed by atoms with van der Waals surface area (Å²) in [6, 6.07) is 9.77. The van der Waals surface area contributed by atoms with Gasteiger partial charge in [0.05, 0.1) is 5.69 Å². The third-order valence-electron chi connectivity index (χ3n) is 2.99. The fourth-order valence-corrected chi connectivity index (χ4v) is 2.64. The summed E-state index contributed by atoms with van der Waals surface area (Å²) in [5, 5.41) is 17.7. The average Bonchev–Trinajstić information content (AvgIpc) is 3.13. The molecule has 0 saturated heterocycles. The smallest absolute Gasteiger partial charge is 0.226 e. The first-order valence-corrected chi connectivity index (χ1v) is 7.38. The summed E-state index contributed by atoms with van der Waals surface area (Å²) < 4.78 is 7.26. The molecule has 0 radical (unpaired) electrons. The fourth-order valence-electron chi connectivity index (χ4n) is 1.83. The molecule has 3 aromatic rings.